The molecule has 0 bridgehead atoms. The summed E-state index contributed by atoms with van der Waals surface area (Å²) in [5, 5.41) is 4.84. The van der Waals surface area contributed by atoms with Crippen molar-refractivity contribution in [1.82, 2.24) is 5.32 Å². The van der Waals surface area contributed by atoms with Crippen LogP contribution in [0.1, 0.15) is 27.6 Å². The quantitative estimate of drug-likeness (QED) is 0.616. The van der Waals surface area contributed by atoms with Crippen molar-refractivity contribution in [2.24, 2.45) is 5.73 Å². The number of nitrogens with two attached hydrogens (primary N) is 1. The van der Waals surface area contributed by atoms with Crippen molar-refractivity contribution in [1.29, 1.82) is 0 Å². The van der Waals surface area contributed by atoms with E-state index in [2.05, 4.69) is 10.6 Å². The maximum Gasteiger partial charge on any atom is 0.326 e. The molecular weight excluding hydrogens is 369 g/mol. The van der Waals surface area contributed by atoms with Crippen LogP contribution in [-0.4, -0.2) is 36.3 Å². The number of amides is 3. The number of rotatable bonds is 7. The lowest BCUT2D eigenvalue weighted by molar-refractivity contribution is -0.152. The molecule has 4 N–H and O–H groups in total. The van der Waals surface area contributed by atoms with E-state index in [9.17, 15) is 23.6 Å². The highest BCUT2D eigenvalue weighted by Crippen LogP contribution is 2.10. The monoisotopic (exact) mass is 387 g/mol. The minimum atomic E-state index is -1.12. The predicted octanol–water partition coefficient (Wildman–Crippen LogP) is 1.22. The van der Waals surface area contributed by atoms with Gasteiger partial charge in [0.05, 0.1) is 0 Å². The number of anilines is 1. The van der Waals surface area contributed by atoms with Crippen LogP contribution in [0.15, 0.2) is 48.5 Å². The fraction of sp³-hybridized carbons (Fsp3) is 0.158. The van der Waals surface area contributed by atoms with Crippen molar-refractivity contribution >= 4 is 29.4 Å². The van der Waals surface area contributed by atoms with Gasteiger partial charge in [-0.15, -0.1) is 0 Å². The molecule has 2 aromatic rings. The third kappa shape index (κ3) is 5.90. The smallest absolute Gasteiger partial charge is 0.326 e. The van der Waals surface area contributed by atoms with Gasteiger partial charge < -0.3 is 21.1 Å². The Morgan fingerprint density at radius 2 is 1.57 bits per heavy atom. The summed E-state index contributed by atoms with van der Waals surface area (Å²) in [6.45, 7) is 0.911. The zero-order valence-corrected chi connectivity index (χ0v) is 14.9. The van der Waals surface area contributed by atoms with Gasteiger partial charge in [0.25, 0.3) is 11.8 Å². The maximum absolute atomic E-state index is 12.8. The number of nitrogens with one attached hydrogen (secondary N) is 2. The van der Waals surface area contributed by atoms with Crippen LogP contribution in [-0.2, 0) is 14.3 Å². The first-order valence-electron chi connectivity index (χ1n) is 8.20. The molecular formula is C19H18FN3O5. The molecule has 8 nitrogen and oxygen atoms in total. The minimum absolute atomic E-state index is 0.180. The molecule has 0 heterocycles. The molecule has 0 fully saturated rings. The van der Waals surface area contributed by atoms with E-state index in [4.69, 9.17) is 10.5 Å². The molecule has 28 heavy (non-hydrogen) atoms. The first-order chi connectivity index (χ1) is 13.3. The molecule has 0 unspecified atom stereocenters. The summed E-state index contributed by atoms with van der Waals surface area (Å²) >= 11 is 0. The van der Waals surface area contributed by atoms with E-state index in [0.717, 1.165) is 12.1 Å². The molecule has 0 aromatic heterocycles. The van der Waals surface area contributed by atoms with Crippen LogP contribution >= 0.6 is 0 Å². The summed E-state index contributed by atoms with van der Waals surface area (Å²) in [5.41, 5.74) is 5.99. The molecule has 0 aliphatic carbocycles. The Morgan fingerprint density at radius 1 is 1.00 bits per heavy atom. The molecule has 0 saturated heterocycles. The van der Waals surface area contributed by atoms with Gasteiger partial charge in [-0.1, -0.05) is 0 Å². The van der Waals surface area contributed by atoms with Crippen molar-refractivity contribution in [3.05, 3.63) is 65.5 Å². The van der Waals surface area contributed by atoms with Crippen LogP contribution in [0.25, 0.3) is 0 Å². The lowest BCUT2D eigenvalue weighted by Crippen LogP contribution is -2.35. The first-order valence-corrected chi connectivity index (χ1v) is 8.20. The summed E-state index contributed by atoms with van der Waals surface area (Å²) in [7, 11) is 0. The highest BCUT2D eigenvalue weighted by atomic mass is 19.1. The minimum Gasteiger partial charge on any atom is -0.451 e. The van der Waals surface area contributed by atoms with E-state index in [-0.39, 0.29) is 11.1 Å². The lowest BCUT2D eigenvalue weighted by Gasteiger charge is -2.14. The maximum atomic E-state index is 12.8. The van der Waals surface area contributed by atoms with Gasteiger partial charge in [-0.05, 0) is 55.5 Å². The topological polar surface area (TPSA) is 128 Å². The molecule has 9 heteroatoms. The fourth-order valence-corrected chi connectivity index (χ4v) is 2.11. The zero-order valence-electron chi connectivity index (χ0n) is 14.9. The van der Waals surface area contributed by atoms with Crippen molar-refractivity contribution in [3.8, 4) is 0 Å². The molecule has 146 valence electrons. The number of halogens is 1. The van der Waals surface area contributed by atoms with Gasteiger partial charge in [0.1, 0.15) is 12.4 Å². The fourth-order valence-electron chi connectivity index (χ4n) is 2.11. The van der Waals surface area contributed by atoms with Crippen LogP contribution in [0.2, 0.25) is 0 Å². The molecule has 0 aliphatic heterocycles. The Morgan fingerprint density at radius 3 is 2.14 bits per heavy atom. The molecule has 2 aromatic carbocycles. The van der Waals surface area contributed by atoms with Crippen molar-refractivity contribution in [2.45, 2.75) is 13.0 Å². The third-order valence-corrected chi connectivity index (χ3v) is 3.61. The standard InChI is InChI=1S/C19H18FN3O5/c1-11(18(26)23-15-8-4-12(5-9-15)17(21)25)28-16(24)10-22-19(27)13-2-6-14(20)7-3-13/h2-9,11H,10H2,1H3,(H2,21,25)(H,22,27)(H,23,26)/t11-/m0/s1. The van der Waals surface area contributed by atoms with Gasteiger partial charge >= 0.3 is 5.97 Å². The Hall–Kier alpha value is -3.75. The normalized spacial score (nSPS) is 11.2. The van der Waals surface area contributed by atoms with Gasteiger partial charge in [-0.25, -0.2) is 4.39 Å². The molecule has 0 saturated carbocycles. The van der Waals surface area contributed by atoms with Crippen molar-refractivity contribution in [2.75, 3.05) is 11.9 Å². The number of ether oxygens (including phenoxy) is 1. The number of carbonyl (C=O) groups excluding carboxylic acids is 4. The van der Waals surface area contributed by atoms with Crippen LogP contribution in [0.5, 0.6) is 0 Å². The van der Waals surface area contributed by atoms with E-state index in [1.54, 1.807) is 0 Å². The van der Waals surface area contributed by atoms with Crippen LogP contribution in [0.4, 0.5) is 10.1 Å². The molecule has 0 radical (unpaired) electrons. The average Bonchev–Trinajstić information content (AvgIpc) is 2.67. The molecule has 1 atom stereocenters. The van der Waals surface area contributed by atoms with Gasteiger partial charge in [-0.2, -0.15) is 0 Å². The Bertz CT molecular complexity index is 881. The second-order valence-corrected chi connectivity index (χ2v) is 5.75. The largest absolute Gasteiger partial charge is 0.451 e. The van der Waals surface area contributed by atoms with E-state index in [1.807, 2.05) is 0 Å². The van der Waals surface area contributed by atoms with Crippen LogP contribution < -0.4 is 16.4 Å². The van der Waals surface area contributed by atoms with Gasteiger partial charge in [-0.3, -0.25) is 19.2 Å². The number of hydrogen-bond acceptors (Lipinski definition) is 5. The van der Waals surface area contributed by atoms with E-state index < -0.39 is 42.2 Å². The van der Waals surface area contributed by atoms with Crippen LogP contribution in [0.3, 0.4) is 0 Å². The number of primary amides is 1. The number of esters is 1. The first kappa shape index (κ1) is 20.6. The zero-order chi connectivity index (χ0) is 20.7. The third-order valence-electron chi connectivity index (χ3n) is 3.61. The van der Waals surface area contributed by atoms with Gasteiger partial charge in [0.2, 0.25) is 5.91 Å². The highest BCUT2D eigenvalue weighted by molar-refractivity contribution is 5.98. The van der Waals surface area contributed by atoms with Gasteiger partial charge in [0, 0.05) is 16.8 Å². The van der Waals surface area contributed by atoms with E-state index in [0.29, 0.717) is 5.69 Å². The molecule has 0 spiro atoms. The average molecular weight is 387 g/mol. The summed E-state index contributed by atoms with van der Waals surface area (Å²) in [5.74, 6) is -3.07. The van der Waals surface area contributed by atoms with E-state index in [1.165, 1.54) is 43.3 Å². The van der Waals surface area contributed by atoms with E-state index >= 15 is 0 Å². The summed E-state index contributed by atoms with van der Waals surface area (Å²) < 4.78 is 17.8. The molecule has 0 aliphatic rings. The van der Waals surface area contributed by atoms with Gasteiger partial charge in [0.15, 0.2) is 6.10 Å². The number of carbonyl (C=O) groups is 4. The molecule has 2 rings (SSSR count). The lowest BCUT2D eigenvalue weighted by atomic mass is 10.2. The molecule has 3 amide bonds. The Labute approximate surface area is 159 Å². The summed E-state index contributed by atoms with van der Waals surface area (Å²) in [6.07, 6.45) is -1.12. The summed E-state index contributed by atoms with van der Waals surface area (Å²) in [4.78, 5) is 46.7. The highest BCUT2D eigenvalue weighted by Gasteiger charge is 2.18. The second-order valence-electron chi connectivity index (χ2n) is 5.75. The summed E-state index contributed by atoms with van der Waals surface area (Å²) in [6, 6.07) is 10.6. The Kier molecular flexibility index (Phi) is 6.80. The van der Waals surface area contributed by atoms with Crippen molar-refractivity contribution in [3.63, 3.8) is 0 Å². The number of hydrogen-bond donors (Lipinski definition) is 3. The SMILES string of the molecule is C[C@H](OC(=O)CNC(=O)c1ccc(F)cc1)C(=O)Nc1ccc(C(N)=O)cc1. The predicted molar refractivity (Wildman–Crippen MR) is 97.9 cm³/mol. The Balaban J connectivity index is 1.80. The van der Waals surface area contributed by atoms with Crippen molar-refractivity contribution < 1.29 is 28.3 Å². The van der Waals surface area contributed by atoms with Crippen LogP contribution in [0, 0.1) is 5.82 Å². The second kappa shape index (κ2) is 9.26. The number of benzene rings is 2.